The Bertz CT molecular complexity index is 1280. The minimum Gasteiger partial charge on any atom is -0.456 e. The number of ether oxygens (including phenoxy) is 1. The Balaban J connectivity index is 1.73. The Morgan fingerprint density at radius 1 is 0.657 bits per heavy atom. The van der Waals surface area contributed by atoms with Gasteiger partial charge in [-0.2, -0.15) is 0 Å². The number of rotatable bonds is 6. The van der Waals surface area contributed by atoms with Gasteiger partial charge in [0.1, 0.15) is 11.5 Å². The highest BCUT2D eigenvalue weighted by atomic mass is 16.5. The average molecular weight is 465 g/mol. The molecule has 4 nitrogen and oxygen atoms in total. The fourth-order valence-electron chi connectivity index (χ4n) is 5.17. The fraction of sp³-hybridized carbons (Fsp3) is 0.258. The van der Waals surface area contributed by atoms with E-state index in [9.17, 15) is 4.79 Å². The molecule has 0 radical (unpaired) electrons. The first-order valence-corrected chi connectivity index (χ1v) is 12.6. The van der Waals surface area contributed by atoms with E-state index >= 15 is 0 Å². The van der Waals surface area contributed by atoms with Gasteiger partial charge in [0.2, 0.25) is 0 Å². The number of anilines is 2. The SMILES string of the molecule is CCN(CC)c1ccc2c(c1)Oc1cc(N(CC)CC)ccc1C2=C1C=Cc2ccccc2C1=O. The molecule has 3 aromatic carbocycles. The van der Waals surface area contributed by atoms with Crippen LogP contribution in [0.4, 0.5) is 11.4 Å². The molecule has 1 heterocycles. The Kier molecular flexibility index (Phi) is 6.21. The molecule has 178 valence electrons. The zero-order valence-corrected chi connectivity index (χ0v) is 21.0. The van der Waals surface area contributed by atoms with Gasteiger partial charge in [-0.25, -0.2) is 0 Å². The van der Waals surface area contributed by atoms with Crippen molar-refractivity contribution in [3.8, 4) is 11.5 Å². The highest BCUT2D eigenvalue weighted by Crippen LogP contribution is 2.48. The number of hydrogen-bond donors (Lipinski definition) is 0. The van der Waals surface area contributed by atoms with Gasteiger partial charge >= 0.3 is 0 Å². The second-order valence-electron chi connectivity index (χ2n) is 8.85. The van der Waals surface area contributed by atoms with Crippen LogP contribution in [0.5, 0.6) is 11.5 Å². The molecule has 1 aliphatic carbocycles. The van der Waals surface area contributed by atoms with Crippen LogP contribution in [0.25, 0.3) is 11.6 Å². The lowest BCUT2D eigenvalue weighted by atomic mass is 9.83. The van der Waals surface area contributed by atoms with Crippen LogP contribution in [0, 0.1) is 0 Å². The third-order valence-electron chi connectivity index (χ3n) is 7.10. The number of benzene rings is 3. The molecule has 0 saturated heterocycles. The second kappa shape index (κ2) is 9.46. The van der Waals surface area contributed by atoms with Crippen molar-refractivity contribution in [2.75, 3.05) is 36.0 Å². The van der Waals surface area contributed by atoms with Crippen LogP contribution in [0.1, 0.15) is 54.7 Å². The van der Waals surface area contributed by atoms with Crippen molar-refractivity contribution in [3.63, 3.8) is 0 Å². The van der Waals surface area contributed by atoms with Gasteiger partial charge in [-0.15, -0.1) is 0 Å². The van der Waals surface area contributed by atoms with Gasteiger partial charge in [-0.1, -0.05) is 30.3 Å². The number of fused-ring (bicyclic) bond motifs is 3. The van der Waals surface area contributed by atoms with Crippen LogP contribution in [-0.4, -0.2) is 32.0 Å². The van der Waals surface area contributed by atoms with Crippen molar-refractivity contribution >= 4 is 28.8 Å². The summed E-state index contributed by atoms with van der Waals surface area (Å²) in [7, 11) is 0. The van der Waals surface area contributed by atoms with Crippen molar-refractivity contribution < 1.29 is 9.53 Å². The molecule has 35 heavy (non-hydrogen) atoms. The lowest BCUT2D eigenvalue weighted by Crippen LogP contribution is -2.22. The zero-order valence-electron chi connectivity index (χ0n) is 21.0. The van der Waals surface area contributed by atoms with Gasteiger partial charge in [0.15, 0.2) is 5.78 Å². The number of Topliss-reactive ketones (excluding diaryl/α,β-unsaturated/α-hetero) is 1. The van der Waals surface area contributed by atoms with E-state index in [4.69, 9.17) is 4.74 Å². The average Bonchev–Trinajstić information content (AvgIpc) is 2.89. The second-order valence-corrected chi connectivity index (χ2v) is 8.85. The summed E-state index contributed by atoms with van der Waals surface area (Å²) in [6.07, 6.45) is 4.01. The van der Waals surface area contributed by atoms with Gasteiger partial charge in [0.25, 0.3) is 0 Å². The lowest BCUT2D eigenvalue weighted by molar-refractivity contribution is 0.103. The largest absolute Gasteiger partial charge is 0.456 e. The molecule has 0 aromatic heterocycles. The van der Waals surface area contributed by atoms with E-state index in [1.54, 1.807) is 0 Å². The van der Waals surface area contributed by atoms with Crippen molar-refractivity contribution in [1.29, 1.82) is 0 Å². The third kappa shape index (κ3) is 3.93. The van der Waals surface area contributed by atoms with Crippen molar-refractivity contribution in [3.05, 3.63) is 94.6 Å². The Morgan fingerprint density at radius 3 is 1.74 bits per heavy atom. The van der Waals surface area contributed by atoms with E-state index in [1.165, 1.54) is 0 Å². The monoisotopic (exact) mass is 464 g/mol. The van der Waals surface area contributed by atoms with Crippen LogP contribution < -0.4 is 14.5 Å². The number of carbonyl (C=O) groups is 1. The smallest absolute Gasteiger partial charge is 0.194 e. The summed E-state index contributed by atoms with van der Waals surface area (Å²) in [5.74, 6) is 1.64. The molecule has 4 heteroatoms. The molecule has 0 atom stereocenters. The molecule has 1 aliphatic heterocycles. The predicted molar refractivity (Wildman–Crippen MR) is 146 cm³/mol. The van der Waals surface area contributed by atoms with Crippen LogP contribution in [0.15, 0.2) is 72.3 Å². The van der Waals surface area contributed by atoms with Gasteiger partial charge in [-0.05, 0) is 63.6 Å². The Hall–Kier alpha value is -3.79. The summed E-state index contributed by atoms with van der Waals surface area (Å²) in [6.45, 7) is 12.3. The Morgan fingerprint density at radius 2 is 1.20 bits per heavy atom. The number of hydrogen-bond acceptors (Lipinski definition) is 4. The minimum absolute atomic E-state index is 0.0533. The van der Waals surface area contributed by atoms with Gasteiger partial charge in [-0.3, -0.25) is 4.79 Å². The number of allylic oxidation sites excluding steroid dienone is 2. The lowest BCUT2D eigenvalue weighted by Gasteiger charge is -2.29. The van der Waals surface area contributed by atoms with Crippen molar-refractivity contribution in [2.24, 2.45) is 0 Å². The first-order chi connectivity index (χ1) is 17.1. The van der Waals surface area contributed by atoms with Gasteiger partial charge in [0.05, 0.1) is 0 Å². The maximum absolute atomic E-state index is 13.7. The maximum Gasteiger partial charge on any atom is 0.194 e. The van der Waals surface area contributed by atoms with Crippen LogP contribution in [0.2, 0.25) is 0 Å². The van der Waals surface area contributed by atoms with Crippen molar-refractivity contribution in [2.45, 2.75) is 27.7 Å². The standard InChI is InChI=1S/C31H32N2O2/c1-5-32(6-2)22-14-17-25-28(19-22)35-29-20-23(33(7-3)8-4)15-18-26(29)30(25)27-16-13-21-11-9-10-12-24(21)31(27)34/h9-20H,5-8H2,1-4H3. The van der Waals surface area contributed by atoms with E-state index in [1.807, 2.05) is 36.4 Å². The molecule has 0 fully saturated rings. The van der Waals surface area contributed by atoms with Crippen LogP contribution >= 0.6 is 0 Å². The zero-order chi connectivity index (χ0) is 24.5. The van der Waals surface area contributed by atoms with E-state index in [0.29, 0.717) is 5.57 Å². The summed E-state index contributed by atoms with van der Waals surface area (Å²) in [6, 6.07) is 20.5. The summed E-state index contributed by atoms with van der Waals surface area (Å²) in [5.41, 5.74) is 7.51. The molecule has 2 aliphatic rings. The molecule has 0 bridgehead atoms. The molecule has 0 amide bonds. The van der Waals surface area contributed by atoms with E-state index < -0.39 is 0 Å². The molecule has 3 aromatic rings. The van der Waals surface area contributed by atoms with Crippen molar-refractivity contribution in [1.82, 2.24) is 0 Å². The third-order valence-corrected chi connectivity index (χ3v) is 7.10. The van der Waals surface area contributed by atoms with E-state index in [-0.39, 0.29) is 5.78 Å². The number of nitrogens with zero attached hydrogens (tertiary/aromatic N) is 2. The minimum atomic E-state index is 0.0533. The van der Waals surface area contributed by atoms with Crippen LogP contribution in [-0.2, 0) is 0 Å². The van der Waals surface area contributed by atoms with Gasteiger partial charge < -0.3 is 14.5 Å². The fourth-order valence-corrected chi connectivity index (χ4v) is 5.17. The normalized spacial score (nSPS) is 13.7. The van der Waals surface area contributed by atoms with Gasteiger partial charge in [0, 0.05) is 77.5 Å². The molecule has 0 spiro atoms. The van der Waals surface area contributed by atoms with E-state index in [2.05, 4.69) is 73.9 Å². The number of carbonyl (C=O) groups excluding carboxylic acids is 1. The molecule has 0 unspecified atom stereocenters. The summed E-state index contributed by atoms with van der Waals surface area (Å²) >= 11 is 0. The number of ketones is 1. The maximum atomic E-state index is 13.7. The molecule has 0 saturated carbocycles. The Labute approximate surface area is 208 Å². The molecular formula is C31H32N2O2. The topological polar surface area (TPSA) is 32.8 Å². The quantitative estimate of drug-likeness (QED) is 0.283. The summed E-state index contributed by atoms with van der Waals surface area (Å²) < 4.78 is 6.54. The molecular weight excluding hydrogens is 432 g/mol. The summed E-state index contributed by atoms with van der Waals surface area (Å²) in [4.78, 5) is 18.3. The highest BCUT2D eigenvalue weighted by Gasteiger charge is 2.30. The highest BCUT2D eigenvalue weighted by molar-refractivity contribution is 6.21. The van der Waals surface area contributed by atoms with E-state index in [0.717, 1.165) is 76.9 Å². The summed E-state index contributed by atoms with van der Waals surface area (Å²) in [5, 5.41) is 0. The first-order valence-electron chi connectivity index (χ1n) is 12.6. The molecule has 5 rings (SSSR count). The first kappa shape index (κ1) is 23.0. The predicted octanol–water partition coefficient (Wildman–Crippen LogP) is 7.20. The molecule has 0 N–H and O–H groups in total. The van der Waals surface area contributed by atoms with Crippen LogP contribution in [0.3, 0.4) is 0 Å².